The molecule has 0 aliphatic carbocycles. The van der Waals surface area contributed by atoms with E-state index in [1.165, 1.54) is 11.3 Å². The predicted molar refractivity (Wildman–Crippen MR) is 102 cm³/mol. The Kier molecular flexibility index (Phi) is 4.57. The summed E-state index contributed by atoms with van der Waals surface area (Å²) in [4.78, 5) is 33.6. The van der Waals surface area contributed by atoms with Crippen molar-refractivity contribution >= 4 is 22.2 Å². The van der Waals surface area contributed by atoms with E-state index in [1.807, 2.05) is 40.6 Å². The van der Waals surface area contributed by atoms with Crippen LogP contribution in [0.25, 0.3) is 16.2 Å². The van der Waals surface area contributed by atoms with Gasteiger partial charge in [-0.05, 0) is 5.56 Å². The highest BCUT2D eigenvalue weighted by atomic mass is 32.1. The molecule has 2 aromatic heterocycles. The van der Waals surface area contributed by atoms with Gasteiger partial charge in [0.05, 0.1) is 11.4 Å². The van der Waals surface area contributed by atoms with Crippen LogP contribution in [0.2, 0.25) is 0 Å². The number of hydrogen-bond donors (Lipinski definition) is 0. The Bertz CT molecular complexity index is 988. The molecule has 1 aliphatic heterocycles. The average Bonchev–Trinajstić information content (AvgIpc) is 3.07. The Hall–Kier alpha value is -2.51. The molecule has 26 heavy (non-hydrogen) atoms. The first-order chi connectivity index (χ1) is 12.6. The van der Waals surface area contributed by atoms with E-state index >= 15 is 0 Å². The molecule has 1 amide bonds. The van der Waals surface area contributed by atoms with Gasteiger partial charge in [-0.25, -0.2) is 4.98 Å². The molecular formula is C19H20N4O2S. The monoisotopic (exact) mass is 368 g/mol. The van der Waals surface area contributed by atoms with Gasteiger partial charge in [0.2, 0.25) is 5.91 Å². The highest BCUT2D eigenvalue weighted by Crippen LogP contribution is 2.23. The fourth-order valence-corrected chi connectivity index (χ4v) is 4.23. The van der Waals surface area contributed by atoms with Gasteiger partial charge in [0.1, 0.15) is 0 Å². The molecule has 3 heterocycles. The van der Waals surface area contributed by atoms with Gasteiger partial charge in [0.25, 0.3) is 5.56 Å². The Morgan fingerprint density at radius 3 is 2.58 bits per heavy atom. The quantitative estimate of drug-likeness (QED) is 0.710. The number of piperazine rings is 1. The van der Waals surface area contributed by atoms with E-state index in [-0.39, 0.29) is 11.5 Å². The van der Waals surface area contributed by atoms with Crippen molar-refractivity contribution in [2.45, 2.75) is 13.5 Å². The third-order valence-corrected chi connectivity index (χ3v) is 5.56. The summed E-state index contributed by atoms with van der Waals surface area (Å²) in [7, 11) is 0. The highest BCUT2D eigenvalue weighted by Gasteiger charge is 2.19. The second-order valence-electron chi connectivity index (χ2n) is 6.47. The SMILES string of the molecule is CC(=O)N1CCN(Cc2cc(=O)n3c(-c4ccccc4)csc3n2)CC1. The van der Waals surface area contributed by atoms with Crippen molar-refractivity contribution < 1.29 is 4.79 Å². The van der Waals surface area contributed by atoms with Crippen LogP contribution in [-0.4, -0.2) is 51.3 Å². The minimum atomic E-state index is -0.0486. The molecule has 3 aromatic rings. The van der Waals surface area contributed by atoms with Gasteiger partial charge < -0.3 is 4.90 Å². The number of aromatic nitrogens is 2. The summed E-state index contributed by atoms with van der Waals surface area (Å²) in [6.07, 6.45) is 0. The van der Waals surface area contributed by atoms with Crippen molar-refractivity contribution in [1.29, 1.82) is 0 Å². The van der Waals surface area contributed by atoms with Gasteiger partial charge in [0, 0.05) is 51.1 Å². The molecule has 0 radical (unpaired) electrons. The van der Waals surface area contributed by atoms with Crippen LogP contribution in [0.3, 0.4) is 0 Å². The third kappa shape index (κ3) is 3.27. The van der Waals surface area contributed by atoms with Crippen LogP contribution < -0.4 is 5.56 Å². The van der Waals surface area contributed by atoms with Crippen molar-refractivity contribution in [3.8, 4) is 11.3 Å². The van der Waals surface area contributed by atoms with E-state index in [9.17, 15) is 9.59 Å². The number of amides is 1. The zero-order chi connectivity index (χ0) is 18.1. The average molecular weight is 368 g/mol. The van der Waals surface area contributed by atoms with Gasteiger partial charge >= 0.3 is 0 Å². The molecule has 4 rings (SSSR count). The lowest BCUT2D eigenvalue weighted by Crippen LogP contribution is -2.47. The molecule has 1 fully saturated rings. The van der Waals surface area contributed by atoms with Crippen molar-refractivity contribution in [3.05, 3.63) is 57.8 Å². The molecule has 1 aliphatic rings. The number of nitrogens with zero attached hydrogens (tertiary/aromatic N) is 4. The lowest BCUT2D eigenvalue weighted by Gasteiger charge is -2.33. The van der Waals surface area contributed by atoms with Crippen molar-refractivity contribution in [2.24, 2.45) is 0 Å². The molecule has 0 atom stereocenters. The predicted octanol–water partition coefficient (Wildman–Crippen LogP) is 2.09. The summed E-state index contributed by atoms with van der Waals surface area (Å²) >= 11 is 1.48. The molecule has 1 aromatic carbocycles. The number of carbonyl (C=O) groups excluding carboxylic acids is 1. The number of hydrogen-bond acceptors (Lipinski definition) is 5. The number of benzene rings is 1. The second-order valence-corrected chi connectivity index (χ2v) is 7.31. The zero-order valence-corrected chi connectivity index (χ0v) is 15.4. The van der Waals surface area contributed by atoms with Gasteiger partial charge in [-0.2, -0.15) is 0 Å². The summed E-state index contributed by atoms with van der Waals surface area (Å²) in [5.74, 6) is 0.120. The van der Waals surface area contributed by atoms with Crippen LogP contribution in [0, 0.1) is 0 Å². The van der Waals surface area contributed by atoms with Gasteiger partial charge in [-0.15, -0.1) is 11.3 Å². The zero-order valence-electron chi connectivity index (χ0n) is 14.6. The Balaban J connectivity index is 1.57. The highest BCUT2D eigenvalue weighted by molar-refractivity contribution is 7.15. The van der Waals surface area contributed by atoms with Gasteiger partial charge in [-0.1, -0.05) is 30.3 Å². The molecule has 0 unspecified atom stereocenters. The van der Waals surface area contributed by atoms with Gasteiger partial charge in [0.15, 0.2) is 4.96 Å². The topological polar surface area (TPSA) is 57.9 Å². The summed E-state index contributed by atoms with van der Waals surface area (Å²) < 4.78 is 1.68. The van der Waals surface area contributed by atoms with E-state index in [1.54, 1.807) is 17.4 Å². The molecule has 134 valence electrons. The summed E-state index contributed by atoms with van der Waals surface area (Å²) in [6, 6.07) is 11.5. The van der Waals surface area contributed by atoms with E-state index in [2.05, 4.69) is 9.88 Å². The van der Waals surface area contributed by atoms with Crippen LogP contribution in [0.1, 0.15) is 12.6 Å². The maximum absolute atomic E-state index is 12.7. The Morgan fingerprint density at radius 1 is 1.15 bits per heavy atom. The van der Waals surface area contributed by atoms with Crippen LogP contribution in [0.4, 0.5) is 0 Å². The van der Waals surface area contributed by atoms with Crippen LogP contribution in [0.5, 0.6) is 0 Å². The standard InChI is InChI=1S/C19H20N4O2S/c1-14(24)22-9-7-21(8-10-22)12-16-11-18(25)23-17(13-26-19(23)20-16)15-5-3-2-4-6-15/h2-6,11,13H,7-10,12H2,1H3. The first-order valence-corrected chi connectivity index (χ1v) is 9.53. The number of rotatable bonds is 3. The molecule has 0 bridgehead atoms. The van der Waals surface area contributed by atoms with E-state index in [4.69, 9.17) is 0 Å². The largest absolute Gasteiger partial charge is 0.340 e. The first-order valence-electron chi connectivity index (χ1n) is 8.65. The summed E-state index contributed by atoms with van der Waals surface area (Å²) in [6.45, 7) is 5.31. The maximum Gasteiger partial charge on any atom is 0.259 e. The number of carbonyl (C=O) groups is 1. The minimum Gasteiger partial charge on any atom is -0.340 e. The lowest BCUT2D eigenvalue weighted by molar-refractivity contribution is -0.130. The molecule has 7 heteroatoms. The van der Waals surface area contributed by atoms with Crippen molar-refractivity contribution in [1.82, 2.24) is 19.2 Å². The number of thiazole rings is 1. The number of fused-ring (bicyclic) bond motifs is 1. The molecule has 0 N–H and O–H groups in total. The molecule has 0 saturated carbocycles. The lowest BCUT2D eigenvalue weighted by atomic mass is 10.2. The van der Waals surface area contributed by atoms with Crippen LogP contribution in [-0.2, 0) is 11.3 Å². The minimum absolute atomic E-state index is 0.0486. The summed E-state index contributed by atoms with van der Waals surface area (Å²) in [5, 5.41) is 1.98. The fraction of sp³-hybridized carbons (Fsp3) is 0.316. The molecular weight excluding hydrogens is 348 g/mol. The van der Waals surface area contributed by atoms with E-state index in [0.717, 1.165) is 43.1 Å². The van der Waals surface area contributed by atoms with Crippen molar-refractivity contribution in [2.75, 3.05) is 26.2 Å². The molecule has 6 nitrogen and oxygen atoms in total. The van der Waals surface area contributed by atoms with Crippen LogP contribution in [0.15, 0.2) is 46.6 Å². The maximum atomic E-state index is 12.7. The Morgan fingerprint density at radius 2 is 1.88 bits per heavy atom. The fourth-order valence-electron chi connectivity index (χ4n) is 3.31. The normalized spacial score (nSPS) is 15.5. The first kappa shape index (κ1) is 16.9. The van der Waals surface area contributed by atoms with E-state index in [0.29, 0.717) is 11.5 Å². The second kappa shape index (κ2) is 7.01. The van der Waals surface area contributed by atoms with Crippen LogP contribution >= 0.6 is 11.3 Å². The summed E-state index contributed by atoms with van der Waals surface area (Å²) in [5.41, 5.74) is 2.63. The molecule has 0 spiro atoms. The Labute approximate surface area is 155 Å². The van der Waals surface area contributed by atoms with Crippen molar-refractivity contribution in [3.63, 3.8) is 0 Å². The third-order valence-electron chi connectivity index (χ3n) is 4.73. The van der Waals surface area contributed by atoms with Gasteiger partial charge in [-0.3, -0.25) is 18.9 Å². The molecule has 1 saturated heterocycles. The smallest absolute Gasteiger partial charge is 0.259 e. The van der Waals surface area contributed by atoms with E-state index < -0.39 is 0 Å².